The zero-order valence-corrected chi connectivity index (χ0v) is 12.7. The van der Waals surface area contributed by atoms with Crippen LogP contribution in [0.3, 0.4) is 0 Å². The molecule has 0 bridgehead atoms. The van der Waals surface area contributed by atoms with E-state index < -0.39 is 11.7 Å². The number of Topliss-reactive ketones (excluding diaryl/α,β-unsaturated/α-hetero) is 1. The highest BCUT2D eigenvalue weighted by atomic mass is 16.3. The molecule has 1 saturated carbocycles. The molecule has 0 spiro atoms. The summed E-state index contributed by atoms with van der Waals surface area (Å²) in [6.07, 6.45) is 3.46. The van der Waals surface area contributed by atoms with E-state index in [0.29, 0.717) is 12.1 Å². The van der Waals surface area contributed by atoms with Gasteiger partial charge in [0.05, 0.1) is 6.10 Å². The van der Waals surface area contributed by atoms with Crippen LogP contribution in [-0.2, 0) is 4.79 Å². The number of aryl methyl sites for hydroxylation is 1. The van der Waals surface area contributed by atoms with Crippen LogP contribution >= 0.6 is 0 Å². The molecule has 2 rings (SSSR count). The van der Waals surface area contributed by atoms with Gasteiger partial charge < -0.3 is 10.0 Å². The first-order valence-electron chi connectivity index (χ1n) is 7.53. The molecule has 4 nitrogen and oxygen atoms in total. The summed E-state index contributed by atoms with van der Waals surface area (Å²) in [5, 5.41) is 9.96. The summed E-state index contributed by atoms with van der Waals surface area (Å²) in [4.78, 5) is 25.8. The third-order valence-corrected chi connectivity index (χ3v) is 4.23. The second kappa shape index (κ2) is 6.85. The summed E-state index contributed by atoms with van der Waals surface area (Å²) in [5.41, 5.74) is 1.47. The standard InChI is InChI=1S/C17H23NO3/c1-12-7-9-13(10-8-12)16(20)17(21)18(2)11-14-5-3-4-6-15(14)19/h7-10,14-15,19H,3-6,11H2,1-2H3. The summed E-state index contributed by atoms with van der Waals surface area (Å²) >= 11 is 0. The molecule has 114 valence electrons. The predicted molar refractivity (Wildman–Crippen MR) is 81.1 cm³/mol. The fourth-order valence-electron chi connectivity index (χ4n) is 2.84. The molecule has 0 radical (unpaired) electrons. The fourth-order valence-corrected chi connectivity index (χ4v) is 2.84. The maximum absolute atomic E-state index is 12.2. The number of aliphatic hydroxyl groups excluding tert-OH is 1. The van der Waals surface area contributed by atoms with Gasteiger partial charge in [0.15, 0.2) is 0 Å². The lowest BCUT2D eigenvalue weighted by Crippen LogP contribution is -2.40. The van der Waals surface area contributed by atoms with Gasteiger partial charge in [0.2, 0.25) is 5.78 Å². The van der Waals surface area contributed by atoms with Crippen LogP contribution in [0.5, 0.6) is 0 Å². The van der Waals surface area contributed by atoms with Crippen LogP contribution in [-0.4, -0.2) is 41.4 Å². The number of ketones is 1. The molecule has 0 saturated heterocycles. The largest absolute Gasteiger partial charge is 0.393 e. The van der Waals surface area contributed by atoms with Crippen molar-refractivity contribution < 1.29 is 14.7 Å². The molecule has 1 aliphatic rings. The Morgan fingerprint density at radius 1 is 1.19 bits per heavy atom. The van der Waals surface area contributed by atoms with E-state index in [9.17, 15) is 14.7 Å². The van der Waals surface area contributed by atoms with Crippen molar-refractivity contribution in [1.82, 2.24) is 4.90 Å². The number of aliphatic hydroxyl groups is 1. The molecule has 1 amide bonds. The van der Waals surface area contributed by atoms with Crippen molar-refractivity contribution >= 4 is 11.7 Å². The second-order valence-electron chi connectivity index (χ2n) is 5.99. The van der Waals surface area contributed by atoms with E-state index in [2.05, 4.69) is 0 Å². The zero-order valence-electron chi connectivity index (χ0n) is 12.7. The third kappa shape index (κ3) is 3.91. The smallest absolute Gasteiger partial charge is 0.294 e. The average molecular weight is 289 g/mol. The molecule has 21 heavy (non-hydrogen) atoms. The van der Waals surface area contributed by atoms with Gasteiger partial charge in [-0.2, -0.15) is 0 Å². The number of likely N-dealkylation sites (N-methyl/N-ethyl adjacent to an activating group) is 1. The minimum atomic E-state index is -0.503. The Kier molecular flexibility index (Phi) is 5.12. The molecule has 1 aromatic rings. The van der Waals surface area contributed by atoms with E-state index in [1.165, 1.54) is 4.90 Å². The van der Waals surface area contributed by atoms with E-state index in [1.807, 2.05) is 19.1 Å². The highest BCUT2D eigenvalue weighted by molar-refractivity contribution is 6.42. The van der Waals surface area contributed by atoms with Gasteiger partial charge in [-0.15, -0.1) is 0 Å². The van der Waals surface area contributed by atoms with E-state index in [-0.39, 0.29) is 12.0 Å². The van der Waals surface area contributed by atoms with E-state index in [0.717, 1.165) is 31.2 Å². The first-order valence-corrected chi connectivity index (χ1v) is 7.53. The highest BCUT2D eigenvalue weighted by Crippen LogP contribution is 2.25. The highest BCUT2D eigenvalue weighted by Gasteiger charge is 2.28. The quantitative estimate of drug-likeness (QED) is 0.683. The number of carbonyl (C=O) groups is 2. The predicted octanol–water partition coefficient (Wildman–Crippen LogP) is 2.19. The van der Waals surface area contributed by atoms with Crippen LogP contribution in [0.1, 0.15) is 41.6 Å². The monoisotopic (exact) mass is 289 g/mol. The summed E-state index contributed by atoms with van der Waals surface area (Å²) in [6.45, 7) is 2.38. The maximum Gasteiger partial charge on any atom is 0.294 e. The van der Waals surface area contributed by atoms with Crippen LogP contribution < -0.4 is 0 Å². The number of hydrogen-bond acceptors (Lipinski definition) is 3. The van der Waals surface area contributed by atoms with Crippen molar-refractivity contribution in [3.8, 4) is 0 Å². The summed E-state index contributed by atoms with van der Waals surface area (Å²) in [7, 11) is 1.63. The number of nitrogens with zero attached hydrogens (tertiary/aromatic N) is 1. The molecule has 1 fully saturated rings. The molecule has 1 N–H and O–H groups in total. The molecule has 2 unspecified atom stereocenters. The first-order chi connectivity index (χ1) is 9.99. The minimum Gasteiger partial charge on any atom is -0.393 e. The fraction of sp³-hybridized carbons (Fsp3) is 0.529. The molecule has 0 aliphatic heterocycles. The summed E-state index contributed by atoms with van der Waals surface area (Å²) < 4.78 is 0. The van der Waals surface area contributed by atoms with Gasteiger partial charge >= 0.3 is 0 Å². The molecule has 1 aromatic carbocycles. The lowest BCUT2D eigenvalue weighted by Gasteiger charge is -2.30. The van der Waals surface area contributed by atoms with Crippen LogP contribution in [0.25, 0.3) is 0 Å². The lowest BCUT2D eigenvalue weighted by molar-refractivity contribution is -0.126. The molecule has 0 heterocycles. The molecular formula is C17H23NO3. The second-order valence-corrected chi connectivity index (χ2v) is 5.99. The molecule has 2 atom stereocenters. The summed E-state index contributed by atoms with van der Waals surface area (Å²) in [6, 6.07) is 7.01. The topological polar surface area (TPSA) is 57.6 Å². The first kappa shape index (κ1) is 15.7. The van der Waals surface area contributed by atoms with Gasteiger partial charge in [-0.25, -0.2) is 0 Å². The van der Waals surface area contributed by atoms with Crippen LogP contribution in [0, 0.1) is 12.8 Å². The Balaban J connectivity index is 1.98. The van der Waals surface area contributed by atoms with Crippen molar-refractivity contribution in [3.05, 3.63) is 35.4 Å². The van der Waals surface area contributed by atoms with Crippen molar-refractivity contribution in [2.75, 3.05) is 13.6 Å². The average Bonchev–Trinajstić information content (AvgIpc) is 2.49. The Morgan fingerprint density at radius 3 is 2.43 bits per heavy atom. The Hall–Kier alpha value is -1.68. The lowest BCUT2D eigenvalue weighted by atomic mass is 9.86. The van der Waals surface area contributed by atoms with Gasteiger partial charge in [-0.05, 0) is 19.8 Å². The van der Waals surface area contributed by atoms with E-state index >= 15 is 0 Å². The zero-order chi connectivity index (χ0) is 15.4. The normalized spacial score (nSPS) is 21.9. The molecule has 4 heteroatoms. The van der Waals surface area contributed by atoms with Crippen LogP contribution in [0.4, 0.5) is 0 Å². The van der Waals surface area contributed by atoms with Crippen LogP contribution in [0.15, 0.2) is 24.3 Å². The van der Waals surface area contributed by atoms with Crippen LogP contribution in [0.2, 0.25) is 0 Å². The van der Waals surface area contributed by atoms with E-state index in [1.54, 1.807) is 19.2 Å². The van der Waals surface area contributed by atoms with Crippen molar-refractivity contribution in [3.63, 3.8) is 0 Å². The number of hydrogen-bond donors (Lipinski definition) is 1. The Labute approximate surface area is 125 Å². The minimum absolute atomic E-state index is 0.0820. The molecule has 0 aromatic heterocycles. The number of amides is 1. The number of rotatable bonds is 4. The molecular weight excluding hydrogens is 266 g/mol. The van der Waals surface area contributed by atoms with Gasteiger partial charge in [-0.3, -0.25) is 9.59 Å². The van der Waals surface area contributed by atoms with E-state index in [4.69, 9.17) is 0 Å². The van der Waals surface area contributed by atoms with Crippen molar-refractivity contribution in [2.24, 2.45) is 5.92 Å². The number of carbonyl (C=O) groups excluding carboxylic acids is 2. The van der Waals surface area contributed by atoms with Gasteiger partial charge in [-0.1, -0.05) is 42.7 Å². The SMILES string of the molecule is Cc1ccc(C(=O)C(=O)N(C)CC2CCCCC2O)cc1. The van der Waals surface area contributed by atoms with Crippen molar-refractivity contribution in [2.45, 2.75) is 38.7 Å². The van der Waals surface area contributed by atoms with Gasteiger partial charge in [0, 0.05) is 25.1 Å². The maximum atomic E-state index is 12.2. The third-order valence-electron chi connectivity index (χ3n) is 4.23. The number of benzene rings is 1. The van der Waals surface area contributed by atoms with Gasteiger partial charge in [0.1, 0.15) is 0 Å². The summed E-state index contributed by atoms with van der Waals surface area (Å²) in [5.74, 6) is -0.905. The van der Waals surface area contributed by atoms with Gasteiger partial charge in [0.25, 0.3) is 5.91 Å². The van der Waals surface area contributed by atoms with Crippen molar-refractivity contribution in [1.29, 1.82) is 0 Å². The molecule has 1 aliphatic carbocycles. The Morgan fingerprint density at radius 2 is 1.81 bits per heavy atom. The Bertz CT molecular complexity index is 509.